The predicted molar refractivity (Wildman–Crippen MR) is 91.6 cm³/mol. The molecule has 1 aromatic carbocycles. The van der Waals surface area contributed by atoms with Crippen molar-refractivity contribution in [3.05, 3.63) is 47.7 Å². The summed E-state index contributed by atoms with van der Waals surface area (Å²) in [4.78, 5) is 14.4. The molecule has 1 aliphatic rings. The van der Waals surface area contributed by atoms with Gasteiger partial charge in [-0.3, -0.25) is 4.79 Å². The molecule has 0 saturated carbocycles. The van der Waals surface area contributed by atoms with Crippen molar-refractivity contribution in [1.29, 1.82) is 0 Å². The summed E-state index contributed by atoms with van der Waals surface area (Å²) in [5.74, 6) is -1.38. The lowest BCUT2D eigenvalue weighted by atomic mass is 10.0. The van der Waals surface area contributed by atoms with E-state index in [1.54, 1.807) is 12.1 Å². The van der Waals surface area contributed by atoms with E-state index in [4.69, 9.17) is 0 Å². The number of piperidine rings is 1. The molecule has 132 valence electrons. The molecule has 3 rings (SSSR count). The van der Waals surface area contributed by atoms with Gasteiger partial charge in [-0.15, -0.1) is 10.2 Å². The first-order valence-electron chi connectivity index (χ1n) is 8.45. The Labute approximate surface area is 145 Å². The molecule has 1 fully saturated rings. The number of hydrogen-bond donors (Lipinski definition) is 1. The van der Waals surface area contributed by atoms with Gasteiger partial charge >= 0.3 is 0 Å². The number of anilines is 2. The molecule has 1 unspecified atom stereocenters. The number of amides is 1. The first-order chi connectivity index (χ1) is 12.1. The van der Waals surface area contributed by atoms with Gasteiger partial charge in [0.1, 0.15) is 11.6 Å². The van der Waals surface area contributed by atoms with Crippen molar-refractivity contribution < 1.29 is 13.6 Å². The molecule has 0 bridgehead atoms. The molecule has 2 heterocycles. The van der Waals surface area contributed by atoms with Gasteiger partial charge in [0, 0.05) is 18.7 Å². The Morgan fingerprint density at radius 1 is 1.24 bits per heavy atom. The highest BCUT2D eigenvalue weighted by atomic mass is 19.1. The van der Waals surface area contributed by atoms with E-state index in [1.165, 1.54) is 12.5 Å². The monoisotopic (exact) mass is 346 g/mol. The van der Waals surface area contributed by atoms with E-state index in [0.29, 0.717) is 12.1 Å². The van der Waals surface area contributed by atoms with Crippen LogP contribution in [-0.2, 0) is 0 Å². The Balaban J connectivity index is 1.72. The third kappa shape index (κ3) is 3.92. The summed E-state index contributed by atoms with van der Waals surface area (Å²) < 4.78 is 26.5. The molecule has 7 heteroatoms. The van der Waals surface area contributed by atoms with Crippen molar-refractivity contribution in [3.8, 4) is 0 Å². The molecular weight excluding hydrogens is 326 g/mol. The fraction of sp³-hybridized carbons (Fsp3) is 0.389. The van der Waals surface area contributed by atoms with E-state index in [0.717, 1.165) is 37.7 Å². The van der Waals surface area contributed by atoms with E-state index < -0.39 is 17.5 Å². The third-order valence-electron chi connectivity index (χ3n) is 4.46. The molecule has 0 radical (unpaired) electrons. The maximum atomic E-state index is 13.6. The average Bonchev–Trinajstić information content (AvgIpc) is 2.64. The molecule has 0 spiro atoms. The normalized spacial score (nSPS) is 17.4. The lowest BCUT2D eigenvalue weighted by molar-refractivity contribution is 0.102. The van der Waals surface area contributed by atoms with E-state index in [-0.39, 0.29) is 11.4 Å². The molecule has 5 nitrogen and oxygen atoms in total. The molecule has 1 aromatic heterocycles. The number of benzene rings is 1. The lowest BCUT2D eigenvalue weighted by Gasteiger charge is -2.35. The molecular formula is C18H20F2N4O. The highest BCUT2D eigenvalue weighted by molar-refractivity contribution is 6.02. The van der Waals surface area contributed by atoms with Gasteiger partial charge in [0.2, 0.25) is 0 Å². The number of rotatable bonds is 4. The number of halogens is 2. The van der Waals surface area contributed by atoms with Crippen LogP contribution in [0.15, 0.2) is 30.3 Å². The van der Waals surface area contributed by atoms with Gasteiger partial charge in [-0.1, -0.05) is 6.92 Å². The fourth-order valence-corrected chi connectivity index (χ4v) is 3.10. The van der Waals surface area contributed by atoms with Gasteiger partial charge in [-0.2, -0.15) is 0 Å². The van der Waals surface area contributed by atoms with Crippen LogP contribution < -0.4 is 10.2 Å². The summed E-state index contributed by atoms with van der Waals surface area (Å²) in [5.41, 5.74) is -0.0168. The largest absolute Gasteiger partial charge is 0.352 e. The van der Waals surface area contributed by atoms with Crippen LogP contribution >= 0.6 is 0 Å². The molecule has 1 aliphatic heterocycles. The fourth-order valence-electron chi connectivity index (χ4n) is 3.10. The van der Waals surface area contributed by atoms with Crippen LogP contribution in [0.1, 0.15) is 43.1 Å². The maximum absolute atomic E-state index is 13.6. The first kappa shape index (κ1) is 17.3. The highest BCUT2D eigenvalue weighted by Crippen LogP contribution is 2.24. The minimum absolute atomic E-state index is 0.0810. The second-order valence-corrected chi connectivity index (χ2v) is 6.11. The smallest absolute Gasteiger partial charge is 0.276 e. The molecule has 2 aromatic rings. The number of carbonyl (C=O) groups is 1. The molecule has 0 aliphatic carbocycles. The SMILES string of the molecule is CCC1CCCCN1c1ccc(C(=O)Nc2ccc(F)cc2F)nn1. The summed E-state index contributed by atoms with van der Waals surface area (Å²) >= 11 is 0. The Kier molecular flexibility index (Phi) is 5.21. The number of aromatic nitrogens is 2. The van der Waals surface area contributed by atoms with Crippen molar-refractivity contribution in [3.63, 3.8) is 0 Å². The van der Waals surface area contributed by atoms with E-state index in [2.05, 4.69) is 27.3 Å². The standard InChI is InChI=1S/C18H20F2N4O/c1-2-13-5-3-4-10-24(13)17-9-8-16(22-23-17)18(25)21-15-7-6-12(19)11-14(15)20/h6-9,11,13H,2-5,10H2,1H3,(H,21,25). The molecule has 1 amide bonds. The van der Waals surface area contributed by atoms with Crippen LogP contribution in [0.3, 0.4) is 0 Å². The average molecular weight is 346 g/mol. The Bertz CT molecular complexity index is 751. The van der Waals surface area contributed by atoms with Crippen LogP contribution in [0, 0.1) is 11.6 Å². The number of nitrogens with zero attached hydrogens (tertiary/aromatic N) is 3. The van der Waals surface area contributed by atoms with Gasteiger partial charge < -0.3 is 10.2 Å². The second kappa shape index (κ2) is 7.55. The summed E-state index contributed by atoms with van der Waals surface area (Å²) in [7, 11) is 0. The summed E-state index contributed by atoms with van der Waals surface area (Å²) in [6.45, 7) is 3.08. The van der Waals surface area contributed by atoms with E-state index in [1.807, 2.05) is 0 Å². The zero-order valence-corrected chi connectivity index (χ0v) is 14.0. The summed E-state index contributed by atoms with van der Waals surface area (Å²) in [5, 5.41) is 10.5. The van der Waals surface area contributed by atoms with Gasteiger partial charge in [0.15, 0.2) is 11.5 Å². The zero-order valence-electron chi connectivity index (χ0n) is 14.0. The summed E-state index contributed by atoms with van der Waals surface area (Å²) in [6.07, 6.45) is 4.49. The first-order valence-corrected chi connectivity index (χ1v) is 8.45. The lowest BCUT2D eigenvalue weighted by Crippen LogP contribution is -2.39. The zero-order chi connectivity index (χ0) is 17.8. The molecule has 1 saturated heterocycles. The van der Waals surface area contributed by atoms with Crippen molar-refractivity contribution in [1.82, 2.24) is 10.2 Å². The van der Waals surface area contributed by atoms with Crippen molar-refractivity contribution >= 4 is 17.4 Å². The number of hydrogen-bond acceptors (Lipinski definition) is 4. The van der Waals surface area contributed by atoms with Crippen molar-refractivity contribution in [2.45, 2.75) is 38.6 Å². The highest BCUT2D eigenvalue weighted by Gasteiger charge is 2.22. The van der Waals surface area contributed by atoms with Crippen LogP contribution in [0.2, 0.25) is 0 Å². The van der Waals surface area contributed by atoms with Crippen molar-refractivity contribution in [2.24, 2.45) is 0 Å². The van der Waals surface area contributed by atoms with Crippen LogP contribution in [-0.4, -0.2) is 28.7 Å². The van der Waals surface area contributed by atoms with Crippen LogP contribution in [0.25, 0.3) is 0 Å². The maximum Gasteiger partial charge on any atom is 0.276 e. The molecule has 1 atom stereocenters. The molecule has 1 N–H and O–H groups in total. The predicted octanol–water partition coefficient (Wildman–Crippen LogP) is 3.78. The quantitative estimate of drug-likeness (QED) is 0.915. The minimum atomic E-state index is -0.836. The minimum Gasteiger partial charge on any atom is -0.352 e. The van der Waals surface area contributed by atoms with Crippen molar-refractivity contribution in [2.75, 3.05) is 16.8 Å². The number of nitrogens with one attached hydrogen (secondary N) is 1. The van der Waals surface area contributed by atoms with E-state index >= 15 is 0 Å². The van der Waals surface area contributed by atoms with Gasteiger partial charge in [0.25, 0.3) is 5.91 Å². The second-order valence-electron chi connectivity index (χ2n) is 6.11. The number of carbonyl (C=O) groups excluding carboxylic acids is 1. The van der Waals surface area contributed by atoms with E-state index in [9.17, 15) is 13.6 Å². The Hall–Kier alpha value is -2.57. The van der Waals surface area contributed by atoms with Gasteiger partial charge in [-0.05, 0) is 49.9 Å². The molecule has 25 heavy (non-hydrogen) atoms. The Morgan fingerprint density at radius 2 is 2.08 bits per heavy atom. The van der Waals surface area contributed by atoms with Crippen LogP contribution in [0.4, 0.5) is 20.3 Å². The summed E-state index contributed by atoms with van der Waals surface area (Å²) in [6, 6.07) is 6.73. The third-order valence-corrected chi connectivity index (χ3v) is 4.46. The topological polar surface area (TPSA) is 58.1 Å². The Morgan fingerprint density at radius 3 is 2.76 bits per heavy atom. The van der Waals surface area contributed by atoms with Gasteiger partial charge in [-0.25, -0.2) is 8.78 Å². The van der Waals surface area contributed by atoms with Gasteiger partial charge in [0.05, 0.1) is 5.69 Å². The van der Waals surface area contributed by atoms with Crippen LogP contribution in [0.5, 0.6) is 0 Å².